The first-order valence-corrected chi connectivity index (χ1v) is 7.52. The summed E-state index contributed by atoms with van der Waals surface area (Å²) < 4.78 is 0. The molecule has 1 aromatic rings. The minimum atomic E-state index is -0.0288. The van der Waals surface area contributed by atoms with Gasteiger partial charge in [-0.1, -0.05) is 49.6 Å². The second kappa shape index (κ2) is 5.82. The Morgan fingerprint density at radius 3 is 2.63 bits per heavy atom. The van der Waals surface area contributed by atoms with Gasteiger partial charge < -0.3 is 10.6 Å². The van der Waals surface area contributed by atoms with E-state index in [4.69, 9.17) is 17.3 Å². The monoisotopic (exact) mass is 280 g/mol. The minimum Gasteiger partial charge on any atom is -0.322 e. The quantitative estimate of drug-likeness (QED) is 0.911. The van der Waals surface area contributed by atoms with E-state index in [2.05, 4.69) is 32.0 Å². The average molecular weight is 281 g/mol. The van der Waals surface area contributed by atoms with Crippen LogP contribution in [0.5, 0.6) is 0 Å². The van der Waals surface area contributed by atoms with Gasteiger partial charge in [0, 0.05) is 16.6 Å². The maximum absolute atomic E-state index is 6.64. The van der Waals surface area contributed by atoms with E-state index in [1.165, 1.54) is 12.8 Å². The van der Waals surface area contributed by atoms with Gasteiger partial charge >= 0.3 is 0 Å². The van der Waals surface area contributed by atoms with Crippen molar-refractivity contribution < 1.29 is 0 Å². The Morgan fingerprint density at radius 1 is 1.37 bits per heavy atom. The van der Waals surface area contributed by atoms with E-state index in [9.17, 15) is 0 Å². The van der Waals surface area contributed by atoms with Crippen molar-refractivity contribution in [2.45, 2.75) is 44.2 Å². The Labute approximate surface area is 121 Å². The highest BCUT2D eigenvalue weighted by atomic mass is 35.5. The standard InChI is InChI=1S/C16H25ClN2/c1-12-7-6-10-16(11-12,19(2)3)15(18)13-8-4-5-9-14(13)17/h4-5,8-9,12,15H,6-7,10-11,18H2,1-3H3. The summed E-state index contributed by atoms with van der Waals surface area (Å²) in [6, 6.07) is 7.96. The van der Waals surface area contributed by atoms with Crippen LogP contribution in [0.25, 0.3) is 0 Å². The van der Waals surface area contributed by atoms with E-state index in [-0.39, 0.29) is 11.6 Å². The molecule has 1 aliphatic carbocycles. The summed E-state index contributed by atoms with van der Waals surface area (Å²) in [4.78, 5) is 2.32. The van der Waals surface area contributed by atoms with Crippen molar-refractivity contribution in [3.63, 3.8) is 0 Å². The highest BCUT2D eigenvalue weighted by Crippen LogP contribution is 2.44. The van der Waals surface area contributed by atoms with Crippen molar-refractivity contribution in [1.29, 1.82) is 0 Å². The highest BCUT2D eigenvalue weighted by molar-refractivity contribution is 6.31. The number of rotatable bonds is 3. The summed E-state index contributed by atoms with van der Waals surface area (Å²) in [5.41, 5.74) is 7.75. The molecule has 0 amide bonds. The molecule has 3 heteroatoms. The topological polar surface area (TPSA) is 29.3 Å². The molecule has 106 valence electrons. The second-order valence-electron chi connectivity index (χ2n) is 6.20. The molecule has 1 fully saturated rings. The summed E-state index contributed by atoms with van der Waals surface area (Å²) in [5, 5.41) is 0.787. The molecule has 2 N–H and O–H groups in total. The molecule has 1 saturated carbocycles. The van der Waals surface area contributed by atoms with Crippen LogP contribution in [-0.2, 0) is 0 Å². The highest BCUT2D eigenvalue weighted by Gasteiger charge is 2.43. The van der Waals surface area contributed by atoms with Gasteiger partial charge in [0.25, 0.3) is 0 Å². The lowest BCUT2D eigenvalue weighted by Crippen LogP contribution is -2.54. The lowest BCUT2D eigenvalue weighted by atomic mass is 9.70. The van der Waals surface area contributed by atoms with Crippen LogP contribution in [0.3, 0.4) is 0 Å². The molecule has 3 unspecified atom stereocenters. The zero-order valence-corrected chi connectivity index (χ0v) is 13.0. The normalized spacial score (nSPS) is 29.5. The van der Waals surface area contributed by atoms with Gasteiger partial charge in [-0.3, -0.25) is 0 Å². The summed E-state index contributed by atoms with van der Waals surface area (Å²) in [6.45, 7) is 2.33. The van der Waals surface area contributed by atoms with Gasteiger partial charge in [0.1, 0.15) is 0 Å². The van der Waals surface area contributed by atoms with Crippen molar-refractivity contribution in [2.75, 3.05) is 14.1 Å². The molecule has 2 rings (SSSR count). The molecule has 1 aliphatic rings. The fourth-order valence-corrected chi connectivity index (χ4v) is 3.80. The smallest absolute Gasteiger partial charge is 0.0496 e. The molecule has 0 aliphatic heterocycles. The van der Waals surface area contributed by atoms with E-state index in [0.717, 1.165) is 29.3 Å². The second-order valence-corrected chi connectivity index (χ2v) is 6.61. The Bertz CT molecular complexity index is 433. The number of hydrogen-bond acceptors (Lipinski definition) is 2. The first kappa shape index (κ1) is 14.8. The number of likely N-dealkylation sites (N-methyl/N-ethyl adjacent to an activating group) is 1. The summed E-state index contributed by atoms with van der Waals surface area (Å²) in [5.74, 6) is 0.727. The average Bonchev–Trinajstić information content (AvgIpc) is 2.38. The molecular formula is C16H25ClN2. The first-order valence-electron chi connectivity index (χ1n) is 7.15. The predicted molar refractivity (Wildman–Crippen MR) is 82.4 cm³/mol. The molecular weight excluding hydrogens is 256 g/mol. The Kier molecular flexibility index (Phi) is 4.54. The van der Waals surface area contributed by atoms with E-state index in [1.54, 1.807) is 0 Å². The van der Waals surface area contributed by atoms with Crippen LogP contribution in [-0.4, -0.2) is 24.5 Å². The molecule has 0 saturated heterocycles. The first-order chi connectivity index (χ1) is 8.97. The minimum absolute atomic E-state index is 0.0288. The lowest BCUT2D eigenvalue weighted by molar-refractivity contribution is 0.0500. The number of nitrogens with zero attached hydrogens (tertiary/aromatic N) is 1. The van der Waals surface area contributed by atoms with Gasteiger partial charge in [0.15, 0.2) is 0 Å². The molecule has 3 atom stereocenters. The van der Waals surface area contributed by atoms with Gasteiger partial charge in [-0.2, -0.15) is 0 Å². The summed E-state index contributed by atoms with van der Waals surface area (Å²) in [7, 11) is 4.30. The van der Waals surface area contributed by atoms with Crippen LogP contribution in [0.15, 0.2) is 24.3 Å². The summed E-state index contributed by atoms with van der Waals surface area (Å²) in [6.07, 6.45) is 4.85. The third-order valence-electron chi connectivity index (χ3n) is 4.72. The van der Waals surface area contributed by atoms with Crippen LogP contribution in [0.1, 0.15) is 44.2 Å². The van der Waals surface area contributed by atoms with Crippen LogP contribution in [0.2, 0.25) is 5.02 Å². The summed E-state index contributed by atoms with van der Waals surface area (Å²) >= 11 is 6.34. The van der Waals surface area contributed by atoms with Crippen molar-refractivity contribution in [3.05, 3.63) is 34.9 Å². The van der Waals surface area contributed by atoms with Crippen molar-refractivity contribution >= 4 is 11.6 Å². The van der Waals surface area contributed by atoms with Crippen molar-refractivity contribution in [3.8, 4) is 0 Å². The van der Waals surface area contributed by atoms with Gasteiger partial charge in [0.2, 0.25) is 0 Å². The number of halogens is 1. The fourth-order valence-electron chi connectivity index (χ4n) is 3.55. The molecule has 1 aromatic carbocycles. The zero-order valence-electron chi connectivity index (χ0n) is 12.2. The predicted octanol–water partition coefficient (Wildman–Crippen LogP) is 3.85. The lowest BCUT2D eigenvalue weighted by Gasteiger charge is -2.49. The fraction of sp³-hybridized carbons (Fsp3) is 0.625. The van der Waals surface area contributed by atoms with Gasteiger partial charge in [-0.15, -0.1) is 0 Å². The van der Waals surface area contributed by atoms with Crippen LogP contribution in [0.4, 0.5) is 0 Å². The van der Waals surface area contributed by atoms with Crippen LogP contribution >= 0.6 is 11.6 Å². The van der Waals surface area contributed by atoms with E-state index >= 15 is 0 Å². The van der Waals surface area contributed by atoms with Crippen LogP contribution in [0, 0.1) is 5.92 Å². The van der Waals surface area contributed by atoms with Crippen molar-refractivity contribution in [1.82, 2.24) is 4.90 Å². The van der Waals surface area contributed by atoms with Gasteiger partial charge in [0.05, 0.1) is 0 Å². The molecule has 19 heavy (non-hydrogen) atoms. The maximum Gasteiger partial charge on any atom is 0.0496 e. The number of hydrogen-bond donors (Lipinski definition) is 1. The van der Waals surface area contributed by atoms with Gasteiger partial charge in [-0.05, 0) is 44.5 Å². The van der Waals surface area contributed by atoms with Crippen LogP contribution < -0.4 is 5.73 Å². The number of benzene rings is 1. The van der Waals surface area contributed by atoms with E-state index in [0.29, 0.717) is 0 Å². The largest absolute Gasteiger partial charge is 0.322 e. The molecule has 2 nitrogen and oxygen atoms in total. The molecule has 0 radical (unpaired) electrons. The number of nitrogens with two attached hydrogens (primary N) is 1. The molecule has 0 spiro atoms. The zero-order chi connectivity index (χ0) is 14.0. The Balaban J connectivity index is 2.36. The van der Waals surface area contributed by atoms with Gasteiger partial charge in [-0.25, -0.2) is 0 Å². The van der Waals surface area contributed by atoms with E-state index < -0.39 is 0 Å². The third kappa shape index (κ3) is 2.81. The third-order valence-corrected chi connectivity index (χ3v) is 5.06. The SMILES string of the molecule is CC1CCCC(C(N)c2ccccc2Cl)(N(C)C)C1. The Morgan fingerprint density at radius 2 is 2.05 bits per heavy atom. The molecule has 0 bridgehead atoms. The Hall–Kier alpha value is -0.570. The molecule has 0 heterocycles. The van der Waals surface area contributed by atoms with E-state index in [1.807, 2.05) is 18.2 Å². The maximum atomic E-state index is 6.64. The molecule has 0 aromatic heterocycles. The van der Waals surface area contributed by atoms with Crippen molar-refractivity contribution in [2.24, 2.45) is 11.7 Å².